The van der Waals surface area contributed by atoms with E-state index < -0.39 is 17.4 Å². The fourth-order valence-electron chi connectivity index (χ4n) is 1.53. The first-order valence-electron chi connectivity index (χ1n) is 5.11. The molecule has 0 saturated carbocycles. The van der Waals surface area contributed by atoms with Crippen molar-refractivity contribution < 1.29 is 13.6 Å². The van der Waals surface area contributed by atoms with Crippen molar-refractivity contribution in [3.05, 3.63) is 63.9 Å². The largest absolute Gasteiger partial charge is 0.288 e. The Kier molecular flexibility index (Phi) is 3.39. The molecule has 0 unspecified atom stereocenters. The molecule has 18 heavy (non-hydrogen) atoms. The van der Waals surface area contributed by atoms with Gasteiger partial charge in [-0.05, 0) is 24.6 Å². The first-order chi connectivity index (χ1) is 8.52. The number of hydrogen-bond acceptors (Lipinski definition) is 2. The minimum Gasteiger partial charge on any atom is -0.288 e. The van der Waals surface area contributed by atoms with Gasteiger partial charge in [-0.2, -0.15) is 0 Å². The zero-order chi connectivity index (χ0) is 13.3. The maximum absolute atomic E-state index is 13.7. The number of carbonyl (C=O) groups is 1. The van der Waals surface area contributed by atoms with E-state index in [0.717, 1.165) is 0 Å². The Morgan fingerprint density at radius 3 is 2.56 bits per heavy atom. The minimum absolute atomic E-state index is 0.0915. The lowest BCUT2D eigenvalue weighted by Crippen LogP contribution is -2.07. The second kappa shape index (κ2) is 4.82. The molecule has 2 nitrogen and oxygen atoms in total. The van der Waals surface area contributed by atoms with Gasteiger partial charge in [-0.15, -0.1) is 0 Å². The van der Waals surface area contributed by atoms with Crippen LogP contribution in [0.25, 0.3) is 0 Å². The van der Waals surface area contributed by atoms with Gasteiger partial charge in [0.05, 0.1) is 10.6 Å². The van der Waals surface area contributed by atoms with E-state index in [-0.39, 0.29) is 21.7 Å². The summed E-state index contributed by atoms with van der Waals surface area (Å²) < 4.78 is 27.1. The summed E-state index contributed by atoms with van der Waals surface area (Å²) in [5.41, 5.74) is -0.107. The van der Waals surface area contributed by atoms with Gasteiger partial charge in [-0.25, -0.2) is 8.78 Å². The molecule has 0 radical (unpaired) electrons. The molecule has 1 heterocycles. The molecule has 0 aliphatic rings. The van der Waals surface area contributed by atoms with Gasteiger partial charge in [-0.1, -0.05) is 17.7 Å². The van der Waals surface area contributed by atoms with E-state index >= 15 is 0 Å². The molecular formula is C13H8ClF2NO. The van der Waals surface area contributed by atoms with Crippen LogP contribution >= 0.6 is 11.6 Å². The molecule has 2 rings (SSSR count). The van der Waals surface area contributed by atoms with Crippen molar-refractivity contribution in [3.63, 3.8) is 0 Å². The van der Waals surface area contributed by atoms with Gasteiger partial charge in [0, 0.05) is 18.0 Å². The molecule has 2 aromatic rings. The van der Waals surface area contributed by atoms with E-state index in [1.807, 2.05) is 0 Å². The quantitative estimate of drug-likeness (QED) is 0.779. The average molecular weight is 268 g/mol. The lowest BCUT2D eigenvalue weighted by Gasteiger charge is -2.06. The maximum atomic E-state index is 13.7. The highest BCUT2D eigenvalue weighted by Crippen LogP contribution is 2.22. The Morgan fingerprint density at radius 1 is 1.17 bits per heavy atom. The summed E-state index contributed by atoms with van der Waals surface area (Å²) in [4.78, 5) is 15.8. The van der Waals surface area contributed by atoms with E-state index in [2.05, 4.69) is 4.98 Å². The molecule has 0 fully saturated rings. The number of carbonyl (C=O) groups excluding carboxylic acids is 1. The lowest BCUT2D eigenvalue weighted by molar-refractivity contribution is 0.103. The summed E-state index contributed by atoms with van der Waals surface area (Å²) in [6, 6.07) is 3.95. The lowest BCUT2D eigenvalue weighted by atomic mass is 10.0. The third kappa shape index (κ3) is 2.11. The highest BCUT2D eigenvalue weighted by Gasteiger charge is 2.20. The van der Waals surface area contributed by atoms with Gasteiger partial charge < -0.3 is 0 Å². The Balaban J connectivity index is 2.54. The first kappa shape index (κ1) is 12.6. The number of nitrogens with zero attached hydrogens (tertiary/aromatic N) is 1. The number of hydrogen-bond donors (Lipinski definition) is 0. The monoisotopic (exact) mass is 267 g/mol. The van der Waals surface area contributed by atoms with E-state index in [4.69, 9.17) is 11.6 Å². The number of aryl methyl sites for hydroxylation is 1. The Morgan fingerprint density at radius 2 is 1.89 bits per heavy atom. The highest BCUT2D eigenvalue weighted by molar-refractivity contribution is 6.34. The van der Waals surface area contributed by atoms with Crippen LogP contribution in [0.3, 0.4) is 0 Å². The van der Waals surface area contributed by atoms with E-state index in [0.29, 0.717) is 0 Å². The van der Waals surface area contributed by atoms with E-state index in [1.54, 1.807) is 0 Å². The molecule has 0 saturated heterocycles. The summed E-state index contributed by atoms with van der Waals surface area (Å²) in [5, 5.41) is 0.0999. The number of pyridine rings is 1. The van der Waals surface area contributed by atoms with Gasteiger partial charge >= 0.3 is 0 Å². The van der Waals surface area contributed by atoms with Crippen LogP contribution in [0.15, 0.2) is 30.6 Å². The molecule has 0 aliphatic carbocycles. The smallest absolute Gasteiger partial charge is 0.197 e. The third-order valence-corrected chi connectivity index (χ3v) is 2.84. The maximum Gasteiger partial charge on any atom is 0.197 e. The van der Waals surface area contributed by atoms with Crippen LogP contribution < -0.4 is 0 Å². The second-order valence-corrected chi connectivity index (χ2v) is 4.15. The van der Waals surface area contributed by atoms with Crippen LogP contribution in [0.5, 0.6) is 0 Å². The molecule has 0 N–H and O–H groups in total. The van der Waals surface area contributed by atoms with Crippen LogP contribution in [-0.2, 0) is 0 Å². The van der Waals surface area contributed by atoms with Gasteiger partial charge in [0.25, 0.3) is 0 Å². The average Bonchev–Trinajstić information content (AvgIpc) is 2.36. The topological polar surface area (TPSA) is 30.0 Å². The van der Waals surface area contributed by atoms with Crippen LogP contribution in [0.4, 0.5) is 8.78 Å². The third-order valence-electron chi connectivity index (χ3n) is 2.54. The van der Waals surface area contributed by atoms with E-state index in [9.17, 15) is 13.6 Å². The number of halogens is 3. The second-order valence-electron chi connectivity index (χ2n) is 3.74. The zero-order valence-corrected chi connectivity index (χ0v) is 10.1. The Hall–Kier alpha value is -1.81. The summed E-state index contributed by atoms with van der Waals surface area (Å²) in [6.07, 6.45) is 2.64. The van der Waals surface area contributed by atoms with Crippen molar-refractivity contribution >= 4 is 17.4 Å². The SMILES string of the molecule is Cc1ccc(C(=O)c2ccncc2Cl)c(F)c1F. The van der Waals surface area contributed by atoms with E-state index in [1.165, 1.54) is 37.5 Å². The Bertz CT molecular complexity index is 628. The molecule has 0 atom stereocenters. The fourth-order valence-corrected chi connectivity index (χ4v) is 1.73. The van der Waals surface area contributed by atoms with Gasteiger partial charge in [-0.3, -0.25) is 9.78 Å². The summed E-state index contributed by atoms with van der Waals surface area (Å²) in [5.74, 6) is -2.85. The van der Waals surface area contributed by atoms with Crippen LogP contribution in [-0.4, -0.2) is 10.8 Å². The fraction of sp³-hybridized carbons (Fsp3) is 0.0769. The van der Waals surface area contributed by atoms with Crippen LogP contribution in [0.2, 0.25) is 5.02 Å². The molecule has 1 aromatic carbocycles. The number of ketones is 1. The van der Waals surface area contributed by atoms with Crippen molar-refractivity contribution in [3.8, 4) is 0 Å². The molecule has 0 spiro atoms. The van der Waals surface area contributed by atoms with Crippen molar-refractivity contribution in [2.75, 3.05) is 0 Å². The van der Waals surface area contributed by atoms with Crippen molar-refractivity contribution in [2.45, 2.75) is 6.92 Å². The number of aromatic nitrogens is 1. The first-order valence-corrected chi connectivity index (χ1v) is 5.49. The summed E-state index contributed by atoms with van der Waals surface area (Å²) in [6.45, 7) is 1.42. The molecule has 0 amide bonds. The predicted octanol–water partition coefficient (Wildman–Crippen LogP) is 3.55. The molecule has 0 aliphatic heterocycles. The molecule has 0 bridgehead atoms. The van der Waals surface area contributed by atoms with Gasteiger partial charge in [0.15, 0.2) is 17.4 Å². The minimum atomic E-state index is -1.16. The van der Waals surface area contributed by atoms with Gasteiger partial charge in [0.1, 0.15) is 0 Å². The Labute approximate surface area is 107 Å². The van der Waals surface area contributed by atoms with Crippen molar-refractivity contribution in [2.24, 2.45) is 0 Å². The van der Waals surface area contributed by atoms with Crippen molar-refractivity contribution in [1.29, 1.82) is 0 Å². The summed E-state index contributed by atoms with van der Waals surface area (Å²) >= 11 is 5.79. The summed E-state index contributed by atoms with van der Waals surface area (Å²) in [7, 11) is 0. The highest BCUT2D eigenvalue weighted by atomic mass is 35.5. The number of benzene rings is 1. The zero-order valence-electron chi connectivity index (χ0n) is 9.38. The molecule has 5 heteroatoms. The number of rotatable bonds is 2. The van der Waals surface area contributed by atoms with Gasteiger partial charge in [0.2, 0.25) is 0 Å². The van der Waals surface area contributed by atoms with Crippen molar-refractivity contribution in [1.82, 2.24) is 4.98 Å². The van der Waals surface area contributed by atoms with Crippen LogP contribution in [0, 0.1) is 18.6 Å². The van der Waals surface area contributed by atoms with Crippen LogP contribution in [0.1, 0.15) is 21.5 Å². The predicted molar refractivity (Wildman–Crippen MR) is 63.8 cm³/mol. The molecular weight excluding hydrogens is 260 g/mol. The molecule has 1 aromatic heterocycles. The normalized spacial score (nSPS) is 10.4. The molecule has 92 valence electrons. The standard InChI is InChI=1S/C13H8ClF2NO/c1-7-2-3-9(12(16)11(7)15)13(18)8-4-5-17-6-10(8)14/h2-6H,1H3.